The van der Waals surface area contributed by atoms with Crippen molar-refractivity contribution in [3.63, 3.8) is 0 Å². The number of hydrogen-bond acceptors (Lipinski definition) is 3. The van der Waals surface area contributed by atoms with Crippen LogP contribution in [0.1, 0.15) is 31.4 Å². The molecule has 4 heteroatoms. The van der Waals surface area contributed by atoms with Crippen LogP contribution >= 0.6 is 12.4 Å². The van der Waals surface area contributed by atoms with E-state index in [1.807, 2.05) is 19.1 Å². The summed E-state index contributed by atoms with van der Waals surface area (Å²) in [7, 11) is 0. The fourth-order valence-electron chi connectivity index (χ4n) is 1.74. The Labute approximate surface area is 102 Å². The van der Waals surface area contributed by atoms with Gasteiger partial charge in [-0.2, -0.15) is 0 Å². The topological polar surface area (TPSA) is 55.5 Å². The SMILES string of the molecule is CCOc1cc([C@@H](N)C2CC2)ccc1O.Cl. The molecular weight excluding hydrogens is 226 g/mol. The van der Waals surface area contributed by atoms with Crippen LogP contribution < -0.4 is 10.5 Å². The third-order valence-corrected chi connectivity index (χ3v) is 2.80. The lowest BCUT2D eigenvalue weighted by atomic mass is 10.0. The second-order valence-electron chi connectivity index (χ2n) is 4.02. The van der Waals surface area contributed by atoms with Crippen LogP contribution in [0.4, 0.5) is 0 Å². The Morgan fingerprint density at radius 3 is 2.75 bits per heavy atom. The molecule has 1 atom stereocenters. The number of ether oxygens (including phenoxy) is 1. The van der Waals surface area contributed by atoms with Crippen molar-refractivity contribution in [1.82, 2.24) is 0 Å². The molecule has 3 N–H and O–H groups in total. The van der Waals surface area contributed by atoms with E-state index in [-0.39, 0.29) is 24.2 Å². The van der Waals surface area contributed by atoms with Gasteiger partial charge in [0.05, 0.1) is 6.61 Å². The Hall–Kier alpha value is -0.930. The van der Waals surface area contributed by atoms with Crippen LogP contribution in [0.15, 0.2) is 18.2 Å². The second-order valence-corrected chi connectivity index (χ2v) is 4.02. The predicted octanol–water partition coefficient (Wildman–Crippen LogP) is 2.62. The first kappa shape index (κ1) is 13.1. The maximum absolute atomic E-state index is 9.54. The summed E-state index contributed by atoms with van der Waals surface area (Å²) in [6.07, 6.45) is 2.43. The van der Waals surface area contributed by atoms with Gasteiger partial charge < -0.3 is 15.6 Å². The van der Waals surface area contributed by atoms with Crippen LogP contribution in [0.25, 0.3) is 0 Å². The van der Waals surface area contributed by atoms with E-state index in [9.17, 15) is 5.11 Å². The van der Waals surface area contributed by atoms with Crippen LogP contribution in [-0.4, -0.2) is 11.7 Å². The van der Waals surface area contributed by atoms with Crippen molar-refractivity contribution in [3.8, 4) is 11.5 Å². The third kappa shape index (κ3) is 2.80. The smallest absolute Gasteiger partial charge is 0.161 e. The van der Waals surface area contributed by atoms with E-state index in [2.05, 4.69) is 0 Å². The van der Waals surface area contributed by atoms with Gasteiger partial charge >= 0.3 is 0 Å². The molecule has 1 saturated carbocycles. The molecule has 1 fully saturated rings. The van der Waals surface area contributed by atoms with Gasteiger partial charge in [-0.25, -0.2) is 0 Å². The highest BCUT2D eigenvalue weighted by atomic mass is 35.5. The zero-order chi connectivity index (χ0) is 10.8. The van der Waals surface area contributed by atoms with Crippen LogP contribution in [0.5, 0.6) is 11.5 Å². The monoisotopic (exact) mass is 243 g/mol. The molecular formula is C12H18ClNO2. The van der Waals surface area contributed by atoms with E-state index in [1.54, 1.807) is 6.07 Å². The number of phenolic OH excluding ortho intramolecular Hbond substituents is 1. The molecule has 0 aromatic heterocycles. The van der Waals surface area contributed by atoms with Gasteiger partial charge in [-0.1, -0.05) is 6.07 Å². The summed E-state index contributed by atoms with van der Waals surface area (Å²) in [6.45, 7) is 2.45. The maximum atomic E-state index is 9.54. The second kappa shape index (κ2) is 5.41. The minimum absolute atomic E-state index is 0. The number of phenols is 1. The molecule has 0 radical (unpaired) electrons. The Morgan fingerprint density at radius 2 is 2.19 bits per heavy atom. The Morgan fingerprint density at radius 1 is 1.50 bits per heavy atom. The summed E-state index contributed by atoms with van der Waals surface area (Å²) in [5.41, 5.74) is 7.13. The van der Waals surface area contributed by atoms with Crippen molar-refractivity contribution in [2.45, 2.75) is 25.8 Å². The van der Waals surface area contributed by atoms with Crippen molar-refractivity contribution in [1.29, 1.82) is 0 Å². The van der Waals surface area contributed by atoms with Gasteiger partial charge in [0, 0.05) is 6.04 Å². The molecule has 0 saturated heterocycles. The van der Waals surface area contributed by atoms with Gasteiger partial charge in [0.1, 0.15) is 0 Å². The van der Waals surface area contributed by atoms with Crippen molar-refractivity contribution in [2.75, 3.05) is 6.61 Å². The van der Waals surface area contributed by atoms with E-state index in [0.29, 0.717) is 18.3 Å². The molecule has 1 aliphatic rings. The lowest BCUT2D eigenvalue weighted by molar-refractivity contribution is 0.317. The lowest BCUT2D eigenvalue weighted by Gasteiger charge is -2.13. The highest BCUT2D eigenvalue weighted by Crippen LogP contribution is 2.41. The van der Waals surface area contributed by atoms with Crippen molar-refractivity contribution in [2.24, 2.45) is 11.7 Å². The number of nitrogens with two attached hydrogens (primary N) is 1. The summed E-state index contributed by atoms with van der Waals surface area (Å²) in [5, 5.41) is 9.54. The minimum Gasteiger partial charge on any atom is -0.504 e. The Kier molecular flexibility index (Phi) is 4.44. The summed E-state index contributed by atoms with van der Waals surface area (Å²) in [6, 6.07) is 5.47. The largest absolute Gasteiger partial charge is 0.504 e. The summed E-state index contributed by atoms with van der Waals surface area (Å²) in [4.78, 5) is 0. The van der Waals surface area contributed by atoms with Gasteiger partial charge in [0.15, 0.2) is 11.5 Å². The number of rotatable bonds is 4. The molecule has 1 aliphatic carbocycles. The molecule has 0 unspecified atom stereocenters. The van der Waals surface area contributed by atoms with E-state index in [4.69, 9.17) is 10.5 Å². The van der Waals surface area contributed by atoms with Gasteiger partial charge in [-0.15, -0.1) is 12.4 Å². The molecule has 0 aliphatic heterocycles. The number of aromatic hydroxyl groups is 1. The first-order valence-electron chi connectivity index (χ1n) is 5.43. The Balaban J connectivity index is 0.00000128. The first-order chi connectivity index (χ1) is 7.22. The Bertz CT molecular complexity index is 353. The molecule has 1 aromatic carbocycles. The van der Waals surface area contributed by atoms with E-state index < -0.39 is 0 Å². The van der Waals surface area contributed by atoms with E-state index in [0.717, 1.165) is 5.56 Å². The zero-order valence-corrected chi connectivity index (χ0v) is 10.2. The van der Waals surface area contributed by atoms with Crippen molar-refractivity contribution >= 4 is 12.4 Å². The summed E-state index contributed by atoms with van der Waals surface area (Å²) >= 11 is 0. The molecule has 0 amide bonds. The van der Waals surface area contributed by atoms with Crippen LogP contribution in [-0.2, 0) is 0 Å². The third-order valence-electron chi connectivity index (χ3n) is 2.80. The van der Waals surface area contributed by atoms with Gasteiger partial charge in [0.25, 0.3) is 0 Å². The molecule has 0 heterocycles. The number of halogens is 1. The maximum Gasteiger partial charge on any atom is 0.161 e. The van der Waals surface area contributed by atoms with Crippen molar-refractivity contribution < 1.29 is 9.84 Å². The predicted molar refractivity (Wildman–Crippen MR) is 66.2 cm³/mol. The van der Waals surface area contributed by atoms with Crippen LogP contribution in [0.3, 0.4) is 0 Å². The number of benzene rings is 1. The quantitative estimate of drug-likeness (QED) is 0.855. The van der Waals surface area contributed by atoms with Gasteiger partial charge in [-0.05, 0) is 43.4 Å². The number of hydrogen-bond donors (Lipinski definition) is 2. The molecule has 0 bridgehead atoms. The van der Waals surface area contributed by atoms with E-state index >= 15 is 0 Å². The average Bonchev–Trinajstić information content (AvgIpc) is 3.04. The fraction of sp³-hybridized carbons (Fsp3) is 0.500. The molecule has 90 valence electrons. The molecule has 0 spiro atoms. The minimum atomic E-state index is 0. The molecule has 16 heavy (non-hydrogen) atoms. The fourth-order valence-corrected chi connectivity index (χ4v) is 1.74. The van der Waals surface area contributed by atoms with Crippen molar-refractivity contribution in [3.05, 3.63) is 23.8 Å². The van der Waals surface area contributed by atoms with Crippen LogP contribution in [0.2, 0.25) is 0 Å². The molecule has 1 aromatic rings. The molecule has 3 nitrogen and oxygen atoms in total. The highest BCUT2D eigenvalue weighted by molar-refractivity contribution is 5.85. The first-order valence-corrected chi connectivity index (χ1v) is 5.43. The van der Waals surface area contributed by atoms with Gasteiger partial charge in [-0.3, -0.25) is 0 Å². The molecule has 2 rings (SSSR count). The van der Waals surface area contributed by atoms with Crippen LogP contribution in [0, 0.1) is 5.92 Å². The van der Waals surface area contributed by atoms with E-state index in [1.165, 1.54) is 12.8 Å². The average molecular weight is 244 g/mol. The zero-order valence-electron chi connectivity index (χ0n) is 9.35. The summed E-state index contributed by atoms with van der Waals surface area (Å²) < 4.78 is 5.32. The lowest BCUT2D eigenvalue weighted by Crippen LogP contribution is -2.12. The summed E-state index contributed by atoms with van der Waals surface area (Å²) in [5.74, 6) is 1.33. The van der Waals surface area contributed by atoms with Gasteiger partial charge in [0.2, 0.25) is 0 Å². The normalized spacial score (nSPS) is 16.4. The standard InChI is InChI=1S/C12H17NO2.ClH/c1-2-15-11-7-9(5-6-10(11)14)12(13)8-3-4-8;/h5-8,12,14H,2-4,13H2,1H3;1H/t12-;/m0./s1. The highest BCUT2D eigenvalue weighted by Gasteiger charge is 2.29.